The highest BCUT2D eigenvalue weighted by Gasteiger charge is 2.52. The molecule has 2 aromatic carbocycles. The molecule has 1 aromatic heterocycles. The highest BCUT2D eigenvalue weighted by molar-refractivity contribution is 7.93. The molecular weight excluding hydrogens is 557 g/mol. The minimum atomic E-state index is -4.51. The molecule has 0 aliphatic carbocycles. The second kappa shape index (κ2) is 11.7. The molecule has 10 nitrogen and oxygen atoms in total. The standard InChI is InChI=1S/C26H25F3N2O8S/c27-26(28,29)18-3-1-2-17(16-18)21-8-9-22(39-21)23(32)30-12-15-38-19-4-6-20(7-5-19)40(35,36)25(24(33)31-34)10-13-37-14-11-25/h1-9,16,34H,10-15H2,(H,30,32)(H,31,33). The van der Waals surface area contributed by atoms with Gasteiger partial charge < -0.3 is 19.2 Å². The average Bonchev–Trinajstić information content (AvgIpc) is 3.46. The third-order valence-electron chi connectivity index (χ3n) is 6.42. The number of furan rings is 1. The van der Waals surface area contributed by atoms with E-state index in [1.807, 2.05) is 0 Å². The maximum atomic E-state index is 13.3. The molecule has 1 aliphatic rings. The van der Waals surface area contributed by atoms with E-state index >= 15 is 0 Å². The molecule has 0 atom stereocenters. The molecule has 0 saturated carbocycles. The molecule has 0 radical (unpaired) electrons. The Morgan fingerprint density at radius 3 is 2.38 bits per heavy atom. The third-order valence-corrected chi connectivity index (χ3v) is 8.94. The fraction of sp³-hybridized carbons (Fsp3) is 0.308. The molecular formula is C26H25F3N2O8S. The predicted octanol–water partition coefficient (Wildman–Crippen LogP) is 3.60. The molecule has 2 amide bonds. The molecule has 4 rings (SSSR count). The van der Waals surface area contributed by atoms with Crippen LogP contribution in [0.1, 0.15) is 29.0 Å². The van der Waals surface area contributed by atoms with Crippen molar-refractivity contribution in [2.75, 3.05) is 26.4 Å². The number of carbonyl (C=O) groups excluding carboxylic acids is 2. The van der Waals surface area contributed by atoms with Crippen molar-refractivity contribution in [2.45, 2.75) is 28.7 Å². The number of ether oxygens (including phenoxy) is 2. The Bertz CT molecular complexity index is 1460. The van der Waals surface area contributed by atoms with E-state index in [4.69, 9.17) is 19.1 Å². The van der Waals surface area contributed by atoms with Crippen molar-refractivity contribution in [3.05, 3.63) is 72.0 Å². The van der Waals surface area contributed by atoms with Crippen molar-refractivity contribution in [1.82, 2.24) is 10.8 Å². The van der Waals surface area contributed by atoms with Crippen LogP contribution in [0.2, 0.25) is 0 Å². The van der Waals surface area contributed by atoms with Gasteiger partial charge in [-0.2, -0.15) is 13.2 Å². The average molecular weight is 583 g/mol. The van der Waals surface area contributed by atoms with Gasteiger partial charge in [-0.05, 0) is 61.4 Å². The summed E-state index contributed by atoms with van der Waals surface area (Å²) in [6.45, 7) is 0.139. The molecule has 3 N–H and O–H groups in total. The van der Waals surface area contributed by atoms with Gasteiger partial charge in [-0.3, -0.25) is 14.8 Å². The lowest BCUT2D eigenvalue weighted by Crippen LogP contribution is -2.54. The SMILES string of the molecule is O=C(NCCOc1ccc(S(=O)(=O)C2(C(=O)NO)CCOCC2)cc1)c1ccc(-c2cccc(C(F)(F)F)c2)o1. The van der Waals surface area contributed by atoms with Crippen molar-refractivity contribution in [2.24, 2.45) is 0 Å². The van der Waals surface area contributed by atoms with Gasteiger partial charge >= 0.3 is 6.18 Å². The predicted molar refractivity (Wildman–Crippen MR) is 133 cm³/mol. The molecule has 1 aliphatic heterocycles. The number of sulfone groups is 1. The van der Waals surface area contributed by atoms with Gasteiger partial charge in [0.15, 0.2) is 20.3 Å². The van der Waals surface area contributed by atoms with E-state index in [1.54, 1.807) is 0 Å². The van der Waals surface area contributed by atoms with Crippen LogP contribution < -0.4 is 15.5 Å². The Hall–Kier alpha value is -3.88. The zero-order valence-corrected chi connectivity index (χ0v) is 21.7. The van der Waals surface area contributed by atoms with Crippen LogP contribution in [-0.4, -0.2) is 56.6 Å². The second-order valence-electron chi connectivity index (χ2n) is 8.87. The normalized spacial score (nSPS) is 15.3. The molecule has 0 spiro atoms. The molecule has 0 unspecified atom stereocenters. The van der Waals surface area contributed by atoms with Crippen LogP contribution in [0.5, 0.6) is 5.75 Å². The van der Waals surface area contributed by atoms with Gasteiger partial charge in [0, 0.05) is 18.8 Å². The van der Waals surface area contributed by atoms with E-state index in [0.29, 0.717) is 5.75 Å². The van der Waals surface area contributed by atoms with Crippen LogP contribution in [0.25, 0.3) is 11.3 Å². The highest BCUT2D eigenvalue weighted by Crippen LogP contribution is 2.36. The lowest BCUT2D eigenvalue weighted by molar-refractivity contribution is -0.137. The van der Waals surface area contributed by atoms with E-state index in [0.717, 1.165) is 12.1 Å². The zero-order chi connectivity index (χ0) is 29.0. The molecule has 1 fully saturated rings. The van der Waals surface area contributed by atoms with Gasteiger partial charge in [0.2, 0.25) is 0 Å². The van der Waals surface area contributed by atoms with Gasteiger partial charge in [-0.1, -0.05) is 12.1 Å². The number of amides is 2. The number of alkyl halides is 3. The van der Waals surface area contributed by atoms with Crippen LogP contribution in [0.15, 0.2) is 70.0 Å². The third kappa shape index (κ3) is 5.98. The van der Waals surface area contributed by atoms with Gasteiger partial charge in [-0.15, -0.1) is 0 Å². The molecule has 2 heterocycles. The van der Waals surface area contributed by atoms with Gasteiger partial charge in [0.1, 0.15) is 18.1 Å². The number of carbonyl (C=O) groups is 2. The summed E-state index contributed by atoms with van der Waals surface area (Å²) in [7, 11) is -4.18. The fourth-order valence-corrected chi connectivity index (χ4v) is 6.19. The van der Waals surface area contributed by atoms with Crippen LogP contribution in [0.4, 0.5) is 13.2 Å². The van der Waals surface area contributed by atoms with E-state index < -0.39 is 38.1 Å². The Morgan fingerprint density at radius 2 is 1.73 bits per heavy atom. The summed E-state index contributed by atoms with van der Waals surface area (Å²) in [5, 5.41) is 11.7. The first-order valence-electron chi connectivity index (χ1n) is 12.0. The first-order chi connectivity index (χ1) is 19.0. The summed E-state index contributed by atoms with van der Waals surface area (Å²) in [6, 6.07) is 12.6. The van der Waals surface area contributed by atoms with Crippen LogP contribution in [0.3, 0.4) is 0 Å². The lowest BCUT2D eigenvalue weighted by atomic mass is 9.98. The van der Waals surface area contributed by atoms with Crippen molar-refractivity contribution in [3.8, 4) is 17.1 Å². The summed E-state index contributed by atoms with van der Waals surface area (Å²) in [5.41, 5.74) is 0.785. The monoisotopic (exact) mass is 582 g/mol. The summed E-state index contributed by atoms with van der Waals surface area (Å²) in [6.07, 6.45) is -4.74. The maximum Gasteiger partial charge on any atom is 0.416 e. The van der Waals surface area contributed by atoms with Crippen LogP contribution in [0, 0.1) is 0 Å². The number of nitrogens with one attached hydrogen (secondary N) is 2. The van der Waals surface area contributed by atoms with Crippen molar-refractivity contribution in [3.63, 3.8) is 0 Å². The van der Waals surface area contributed by atoms with Gasteiger partial charge in [0.05, 0.1) is 17.0 Å². The molecule has 1 saturated heterocycles. The maximum absolute atomic E-state index is 13.3. The minimum absolute atomic E-state index is 0.00717. The second-order valence-corrected chi connectivity index (χ2v) is 11.1. The zero-order valence-electron chi connectivity index (χ0n) is 20.9. The summed E-state index contributed by atoms with van der Waals surface area (Å²) >= 11 is 0. The number of hydrogen-bond acceptors (Lipinski definition) is 8. The van der Waals surface area contributed by atoms with Crippen molar-refractivity contribution in [1.29, 1.82) is 0 Å². The number of halogens is 3. The number of hydroxylamine groups is 1. The Labute approximate surface area is 227 Å². The lowest BCUT2D eigenvalue weighted by Gasteiger charge is -2.34. The van der Waals surface area contributed by atoms with Gasteiger partial charge in [-0.25, -0.2) is 13.9 Å². The quantitative estimate of drug-likeness (QED) is 0.197. The van der Waals surface area contributed by atoms with Crippen LogP contribution in [-0.2, 0) is 25.5 Å². The van der Waals surface area contributed by atoms with E-state index in [9.17, 15) is 31.2 Å². The summed E-state index contributed by atoms with van der Waals surface area (Å²) in [5.74, 6) is -1.33. The van der Waals surface area contributed by atoms with E-state index in [2.05, 4.69) is 5.32 Å². The Kier molecular flexibility index (Phi) is 8.51. The Balaban J connectivity index is 1.32. The fourth-order valence-electron chi connectivity index (χ4n) is 4.25. The van der Waals surface area contributed by atoms with E-state index in [-0.39, 0.29) is 61.2 Å². The minimum Gasteiger partial charge on any atom is -0.492 e. The molecule has 40 heavy (non-hydrogen) atoms. The molecule has 214 valence electrons. The number of hydrogen-bond donors (Lipinski definition) is 3. The summed E-state index contributed by atoms with van der Waals surface area (Å²) in [4.78, 5) is 24.6. The van der Waals surface area contributed by atoms with Crippen LogP contribution >= 0.6 is 0 Å². The molecule has 3 aromatic rings. The summed E-state index contributed by atoms with van der Waals surface area (Å²) < 4.78 is 79.7. The Morgan fingerprint density at radius 1 is 1.02 bits per heavy atom. The highest BCUT2D eigenvalue weighted by atomic mass is 32.2. The largest absolute Gasteiger partial charge is 0.492 e. The van der Waals surface area contributed by atoms with E-state index in [1.165, 1.54) is 54.0 Å². The number of benzene rings is 2. The first kappa shape index (κ1) is 29.1. The first-order valence-corrected chi connectivity index (χ1v) is 13.5. The van der Waals surface area contributed by atoms with Crippen molar-refractivity contribution >= 4 is 21.7 Å². The van der Waals surface area contributed by atoms with Crippen molar-refractivity contribution < 1.29 is 50.3 Å². The number of rotatable bonds is 9. The smallest absolute Gasteiger partial charge is 0.416 e. The molecule has 14 heteroatoms. The van der Waals surface area contributed by atoms with Gasteiger partial charge in [0.25, 0.3) is 11.8 Å². The molecule has 0 bridgehead atoms. The topological polar surface area (TPSA) is 144 Å².